The minimum atomic E-state index is -4.41. The predicted molar refractivity (Wildman–Crippen MR) is 91.1 cm³/mol. The molecule has 26 heavy (non-hydrogen) atoms. The first kappa shape index (κ1) is 17.8. The minimum absolute atomic E-state index is 0.138. The van der Waals surface area contributed by atoms with Crippen molar-refractivity contribution >= 4 is 23.2 Å². The molecule has 0 saturated carbocycles. The first-order valence-electron chi connectivity index (χ1n) is 7.36. The van der Waals surface area contributed by atoms with Crippen molar-refractivity contribution in [3.63, 3.8) is 0 Å². The molecule has 0 aliphatic heterocycles. The van der Waals surface area contributed by atoms with E-state index in [-0.39, 0.29) is 5.69 Å². The number of hydrogen-bond acceptors (Lipinski definition) is 3. The van der Waals surface area contributed by atoms with Crippen LogP contribution >= 0.6 is 11.6 Å². The van der Waals surface area contributed by atoms with Crippen molar-refractivity contribution < 1.29 is 18.0 Å². The van der Waals surface area contributed by atoms with Crippen molar-refractivity contribution in [1.82, 2.24) is 15.0 Å². The molecule has 9 heteroatoms. The summed E-state index contributed by atoms with van der Waals surface area (Å²) in [6.45, 7) is 0. The molecule has 2 N–H and O–H groups in total. The second kappa shape index (κ2) is 7.09. The summed E-state index contributed by atoms with van der Waals surface area (Å²) in [6, 6.07) is 11.2. The van der Waals surface area contributed by atoms with Gasteiger partial charge in [0.2, 0.25) is 0 Å². The fraction of sp³-hybridized carbons (Fsp3) is 0.0588. The van der Waals surface area contributed by atoms with Crippen LogP contribution in [0.4, 0.5) is 18.9 Å². The Bertz CT molecular complexity index is 905. The van der Waals surface area contributed by atoms with Crippen LogP contribution in [0.3, 0.4) is 0 Å². The smallest absolute Gasteiger partial charge is 0.305 e. The maximum absolute atomic E-state index is 12.5. The summed E-state index contributed by atoms with van der Waals surface area (Å²) in [7, 11) is 0. The van der Waals surface area contributed by atoms with Crippen LogP contribution in [0.25, 0.3) is 5.69 Å². The van der Waals surface area contributed by atoms with E-state index in [0.29, 0.717) is 10.7 Å². The molecule has 0 spiro atoms. The summed E-state index contributed by atoms with van der Waals surface area (Å²) in [6.07, 6.45) is -1.42. The lowest BCUT2D eigenvalue weighted by Gasteiger charge is -2.09. The monoisotopic (exact) mass is 380 g/mol. The number of rotatable bonds is 4. The summed E-state index contributed by atoms with van der Waals surface area (Å²) in [4.78, 5) is 16.1. The van der Waals surface area contributed by atoms with Gasteiger partial charge in [0.25, 0.3) is 5.91 Å². The Morgan fingerprint density at radius 3 is 2.31 bits per heavy atom. The summed E-state index contributed by atoms with van der Waals surface area (Å²) in [5.74, 6) is -0.530. The number of alkyl halides is 3. The molecule has 1 aromatic heterocycles. The fourth-order valence-electron chi connectivity index (χ4n) is 2.13. The number of aromatic nitrogens is 2. The van der Waals surface area contributed by atoms with Gasteiger partial charge in [-0.05, 0) is 48.5 Å². The second-order valence-electron chi connectivity index (χ2n) is 5.30. The molecule has 5 nitrogen and oxygen atoms in total. The maximum atomic E-state index is 12.5. The Morgan fingerprint density at radius 2 is 1.69 bits per heavy atom. The molecule has 3 rings (SSSR count). The number of nitrogens with one attached hydrogen (secondary N) is 2. The van der Waals surface area contributed by atoms with Crippen molar-refractivity contribution in [3.8, 4) is 5.69 Å². The lowest BCUT2D eigenvalue weighted by atomic mass is 10.2. The lowest BCUT2D eigenvalue weighted by molar-refractivity contribution is -0.137. The van der Waals surface area contributed by atoms with Gasteiger partial charge in [-0.1, -0.05) is 11.6 Å². The molecule has 2 aromatic carbocycles. The number of anilines is 1. The van der Waals surface area contributed by atoms with Gasteiger partial charge in [0.1, 0.15) is 12.0 Å². The fourth-order valence-corrected chi connectivity index (χ4v) is 2.26. The van der Waals surface area contributed by atoms with Gasteiger partial charge in [-0.25, -0.2) is 4.98 Å². The van der Waals surface area contributed by atoms with E-state index in [1.807, 2.05) is 0 Å². The van der Waals surface area contributed by atoms with Crippen molar-refractivity contribution in [1.29, 1.82) is 0 Å². The highest BCUT2D eigenvalue weighted by Gasteiger charge is 2.29. The highest BCUT2D eigenvalue weighted by molar-refractivity contribution is 6.30. The molecule has 1 amide bonds. The van der Waals surface area contributed by atoms with Crippen molar-refractivity contribution in [2.75, 3.05) is 5.43 Å². The molecule has 3 aromatic rings. The Kier molecular flexibility index (Phi) is 4.85. The van der Waals surface area contributed by atoms with Gasteiger partial charge in [-0.2, -0.15) is 13.2 Å². The van der Waals surface area contributed by atoms with Gasteiger partial charge < -0.3 is 4.57 Å². The van der Waals surface area contributed by atoms with E-state index in [9.17, 15) is 18.0 Å². The number of amides is 1. The molecule has 0 radical (unpaired) electrons. The summed E-state index contributed by atoms with van der Waals surface area (Å²) in [5, 5.41) is 0.590. The van der Waals surface area contributed by atoms with Crippen LogP contribution in [-0.4, -0.2) is 15.5 Å². The standard InChI is InChI=1S/C17H12ClF3N4O/c18-12-3-7-14(8-4-12)25-9-15(22-10-25)16(26)24-23-13-5-1-11(2-6-13)17(19,20)21/h1-10,23H,(H,24,26). The van der Waals surface area contributed by atoms with Gasteiger partial charge >= 0.3 is 6.18 Å². The average molecular weight is 381 g/mol. The van der Waals surface area contributed by atoms with Crippen LogP contribution in [0.1, 0.15) is 16.1 Å². The average Bonchev–Trinajstić information content (AvgIpc) is 3.10. The number of carbonyl (C=O) groups is 1. The minimum Gasteiger partial charge on any atom is -0.305 e. The first-order valence-corrected chi connectivity index (χ1v) is 7.74. The van der Waals surface area contributed by atoms with E-state index in [1.165, 1.54) is 24.7 Å². The first-order chi connectivity index (χ1) is 12.3. The van der Waals surface area contributed by atoms with Crippen LogP contribution in [-0.2, 0) is 6.18 Å². The molecule has 0 aliphatic rings. The Labute approximate surface area is 151 Å². The lowest BCUT2D eigenvalue weighted by Crippen LogP contribution is -2.29. The van der Waals surface area contributed by atoms with E-state index in [2.05, 4.69) is 15.8 Å². The number of benzene rings is 2. The molecule has 1 heterocycles. The highest BCUT2D eigenvalue weighted by Crippen LogP contribution is 2.29. The zero-order valence-corrected chi connectivity index (χ0v) is 13.8. The van der Waals surface area contributed by atoms with E-state index in [1.54, 1.807) is 28.8 Å². The van der Waals surface area contributed by atoms with Crippen LogP contribution in [0.2, 0.25) is 5.02 Å². The van der Waals surface area contributed by atoms with Crippen molar-refractivity contribution in [3.05, 3.63) is 77.3 Å². The van der Waals surface area contributed by atoms with Gasteiger partial charge in [0.05, 0.1) is 11.3 Å². The molecular weight excluding hydrogens is 369 g/mol. The third-order valence-corrected chi connectivity index (χ3v) is 3.72. The third kappa shape index (κ3) is 4.15. The van der Waals surface area contributed by atoms with Gasteiger partial charge in [-0.3, -0.25) is 15.6 Å². The predicted octanol–water partition coefficient (Wildman–Crippen LogP) is 4.30. The van der Waals surface area contributed by atoms with E-state index in [4.69, 9.17) is 11.6 Å². The Hall–Kier alpha value is -3.00. The highest BCUT2D eigenvalue weighted by atomic mass is 35.5. The van der Waals surface area contributed by atoms with Gasteiger partial charge in [0.15, 0.2) is 0 Å². The summed E-state index contributed by atoms with van der Waals surface area (Å²) < 4.78 is 39.2. The number of hydrogen-bond donors (Lipinski definition) is 2. The normalized spacial score (nSPS) is 11.2. The molecule has 0 unspecified atom stereocenters. The summed E-state index contributed by atoms with van der Waals surface area (Å²) in [5.41, 5.74) is 5.38. The molecule has 0 saturated heterocycles. The van der Waals surface area contributed by atoms with E-state index < -0.39 is 17.6 Å². The third-order valence-electron chi connectivity index (χ3n) is 3.47. The zero-order chi connectivity index (χ0) is 18.7. The second-order valence-corrected chi connectivity index (χ2v) is 5.73. The van der Waals surface area contributed by atoms with Crippen molar-refractivity contribution in [2.24, 2.45) is 0 Å². The molecule has 0 fully saturated rings. The largest absolute Gasteiger partial charge is 0.416 e. The molecular formula is C17H12ClF3N4O. The number of hydrazine groups is 1. The summed E-state index contributed by atoms with van der Waals surface area (Å²) >= 11 is 5.83. The Morgan fingerprint density at radius 1 is 1.04 bits per heavy atom. The van der Waals surface area contributed by atoms with Crippen molar-refractivity contribution in [2.45, 2.75) is 6.18 Å². The molecule has 0 aliphatic carbocycles. The SMILES string of the molecule is O=C(NNc1ccc(C(F)(F)F)cc1)c1cn(-c2ccc(Cl)cc2)cn1. The van der Waals surface area contributed by atoms with Gasteiger partial charge in [0, 0.05) is 16.9 Å². The zero-order valence-electron chi connectivity index (χ0n) is 13.1. The number of imidazole rings is 1. The van der Waals surface area contributed by atoms with E-state index in [0.717, 1.165) is 17.8 Å². The van der Waals surface area contributed by atoms with Crippen LogP contribution < -0.4 is 10.9 Å². The maximum Gasteiger partial charge on any atom is 0.416 e. The van der Waals surface area contributed by atoms with E-state index >= 15 is 0 Å². The van der Waals surface area contributed by atoms with Crippen LogP contribution in [0.5, 0.6) is 0 Å². The molecule has 0 atom stereocenters. The topological polar surface area (TPSA) is 59.0 Å². The van der Waals surface area contributed by atoms with Crippen LogP contribution in [0.15, 0.2) is 61.1 Å². The molecule has 134 valence electrons. The number of nitrogens with zero attached hydrogens (tertiary/aromatic N) is 2. The van der Waals surface area contributed by atoms with Crippen LogP contribution in [0, 0.1) is 0 Å². The number of carbonyl (C=O) groups excluding carboxylic acids is 1. The molecule has 0 bridgehead atoms. The number of halogens is 4. The quantitative estimate of drug-likeness (QED) is 0.663. The van der Waals surface area contributed by atoms with Gasteiger partial charge in [-0.15, -0.1) is 0 Å². The Balaban J connectivity index is 1.63.